The number of methoxy groups -OCH3 is 1. The summed E-state index contributed by atoms with van der Waals surface area (Å²) in [4.78, 5) is 15.1. The third-order valence-electron chi connectivity index (χ3n) is 4.08. The van der Waals surface area contributed by atoms with E-state index in [-0.39, 0.29) is 0 Å². The maximum Gasteiger partial charge on any atom is 0.152 e. The van der Waals surface area contributed by atoms with Gasteiger partial charge in [-0.1, -0.05) is 6.07 Å². The zero-order valence-electron chi connectivity index (χ0n) is 13.3. The van der Waals surface area contributed by atoms with Gasteiger partial charge in [0.25, 0.3) is 0 Å². The summed E-state index contributed by atoms with van der Waals surface area (Å²) in [7, 11) is 1.66. The topological polar surface area (TPSA) is 42.1 Å². The van der Waals surface area contributed by atoms with Gasteiger partial charge in [0.05, 0.1) is 12.8 Å². The fourth-order valence-electron chi connectivity index (χ4n) is 3.13. The molecule has 0 radical (unpaired) electrons. The number of aryl methyl sites for hydroxylation is 3. The lowest BCUT2D eigenvalue weighted by atomic mass is 10.0. The van der Waals surface area contributed by atoms with Crippen molar-refractivity contribution in [2.45, 2.75) is 20.8 Å². The number of aldehydes is 1. The van der Waals surface area contributed by atoms with Gasteiger partial charge >= 0.3 is 0 Å². The summed E-state index contributed by atoms with van der Waals surface area (Å²) in [5.74, 6) is 0.847. The molecular formula is C19H19NO2. The van der Waals surface area contributed by atoms with E-state index in [1.165, 1.54) is 5.56 Å². The van der Waals surface area contributed by atoms with Crippen LogP contribution >= 0.6 is 0 Å². The first-order valence-electron chi connectivity index (χ1n) is 7.28. The minimum atomic E-state index is 0.720. The van der Waals surface area contributed by atoms with Crippen LogP contribution in [0.5, 0.6) is 5.75 Å². The van der Waals surface area contributed by atoms with Crippen molar-refractivity contribution in [3.8, 4) is 17.0 Å². The van der Waals surface area contributed by atoms with Crippen molar-refractivity contribution in [2.75, 3.05) is 7.11 Å². The molecule has 0 aliphatic heterocycles. The van der Waals surface area contributed by atoms with E-state index in [4.69, 9.17) is 4.74 Å². The van der Waals surface area contributed by atoms with E-state index < -0.39 is 0 Å². The molecule has 0 atom stereocenters. The molecule has 0 saturated carbocycles. The van der Waals surface area contributed by atoms with Crippen LogP contribution in [0.25, 0.3) is 22.2 Å². The van der Waals surface area contributed by atoms with E-state index >= 15 is 0 Å². The molecule has 0 aliphatic rings. The molecule has 22 heavy (non-hydrogen) atoms. The second kappa shape index (κ2) is 5.34. The van der Waals surface area contributed by atoms with Crippen LogP contribution in [0.4, 0.5) is 0 Å². The summed E-state index contributed by atoms with van der Waals surface area (Å²) in [6.07, 6.45) is 0.941. The number of nitrogens with one attached hydrogen (secondary N) is 1. The lowest BCUT2D eigenvalue weighted by Gasteiger charge is -2.07. The number of benzene rings is 2. The predicted molar refractivity (Wildman–Crippen MR) is 89.9 cm³/mol. The molecule has 0 spiro atoms. The molecule has 1 aromatic heterocycles. The van der Waals surface area contributed by atoms with Crippen LogP contribution in [0, 0.1) is 20.8 Å². The zero-order chi connectivity index (χ0) is 15.9. The highest BCUT2D eigenvalue weighted by Crippen LogP contribution is 2.33. The van der Waals surface area contributed by atoms with Gasteiger partial charge in [-0.3, -0.25) is 4.79 Å². The van der Waals surface area contributed by atoms with Gasteiger partial charge in [-0.25, -0.2) is 0 Å². The Hall–Kier alpha value is -2.55. The van der Waals surface area contributed by atoms with Crippen LogP contribution in [-0.4, -0.2) is 18.4 Å². The van der Waals surface area contributed by atoms with Gasteiger partial charge in [-0.05, 0) is 67.3 Å². The molecule has 0 amide bonds. The van der Waals surface area contributed by atoms with Gasteiger partial charge in [-0.2, -0.15) is 0 Å². The number of hydrogen-bond acceptors (Lipinski definition) is 2. The van der Waals surface area contributed by atoms with Gasteiger partial charge < -0.3 is 9.72 Å². The van der Waals surface area contributed by atoms with Crippen LogP contribution < -0.4 is 4.74 Å². The van der Waals surface area contributed by atoms with Crippen molar-refractivity contribution in [3.05, 3.63) is 52.6 Å². The van der Waals surface area contributed by atoms with E-state index in [2.05, 4.69) is 24.0 Å². The van der Waals surface area contributed by atoms with Gasteiger partial charge in [-0.15, -0.1) is 0 Å². The molecular weight excluding hydrogens is 274 g/mol. The summed E-state index contributed by atoms with van der Waals surface area (Å²) in [5, 5.41) is 1.00. The quantitative estimate of drug-likeness (QED) is 0.718. The normalized spacial score (nSPS) is 10.9. The Morgan fingerprint density at radius 2 is 1.82 bits per heavy atom. The number of aromatic nitrogens is 1. The summed E-state index contributed by atoms with van der Waals surface area (Å²) in [6, 6.07) is 10.1. The maximum atomic E-state index is 11.7. The van der Waals surface area contributed by atoms with Crippen LogP contribution in [0.2, 0.25) is 0 Å². The molecule has 0 fully saturated rings. The van der Waals surface area contributed by atoms with Crippen molar-refractivity contribution in [3.63, 3.8) is 0 Å². The summed E-state index contributed by atoms with van der Waals surface area (Å²) < 4.78 is 5.31. The molecule has 3 heteroatoms. The maximum absolute atomic E-state index is 11.7. The van der Waals surface area contributed by atoms with Crippen LogP contribution in [-0.2, 0) is 0 Å². The monoisotopic (exact) mass is 293 g/mol. The number of carbonyl (C=O) groups is 1. The second-order valence-electron chi connectivity index (χ2n) is 5.72. The fraction of sp³-hybridized carbons (Fsp3) is 0.211. The lowest BCUT2D eigenvalue weighted by Crippen LogP contribution is -1.90. The molecule has 3 rings (SSSR count). The van der Waals surface area contributed by atoms with E-state index in [0.29, 0.717) is 0 Å². The number of hydrogen-bond donors (Lipinski definition) is 1. The van der Waals surface area contributed by atoms with Crippen LogP contribution in [0.1, 0.15) is 27.0 Å². The molecule has 0 bridgehead atoms. The summed E-state index contributed by atoms with van der Waals surface area (Å²) in [5.41, 5.74) is 6.92. The van der Waals surface area contributed by atoms with E-state index in [9.17, 15) is 4.79 Å². The highest BCUT2D eigenvalue weighted by atomic mass is 16.5. The highest BCUT2D eigenvalue weighted by Gasteiger charge is 2.15. The molecule has 0 saturated heterocycles. The van der Waals surface area contributed by atoms with Crippen LogP contribution in [0.3, 0.4) is 0 Å². The smallest absolute Gasteiger partial charge is 0.152 e. The minimum Gasteiger partial charge on any atom is -0.496 e. The zero-order valence-corrected chi connectivity index (χ0v) is 13.3. The average molecular weight is 293 g/mol. The Balaban J connectivity index is 2.29. The van der Waals surface area contributed by atoms with Gasteiger partial charge in [0.15, 0.2) is 6.29 Å². The summed E-state index contributed by atoms with van der Waals surface area (Å²) >= 11 is 0. The molecule has 3 nitrogen and oxygen atoms in total. The number of aromatic amines is 1. The van der Waals surface area contributed by atoms with Crippen molar-refractivity contribution in [2.24, 2.45) is 0 Å². The number of ether oxygens (including phenoxy) is 1. The Morgan fingerprint density at radius 3 is 2.45 bits per heavy atom. The largest absolute Gasteiger partial charge is 0.496 e. The Bertz CT molecular complexity index is 875. The molecule has 1 N–H and O–H groups in total. The Labute approximate surface area is 129 Å². The molecule has 1 heterocycles. The first-order chi connectivity index (χ1) is 10.5. The standard InChI is InChI=1S/C19H19NO2/c1-11-7-13(3)18-15(10-21)19(20-16(18)8-11)14-5-6-17(22-4)12(2)9-14/h5-10,20H,1-4H3. The third-order valence-corrected chi connectivity index (χ3v) is 4.08. The Kier molecular flexibility index (Phi) is 3.49. The van der Waals surface area contributed by atoms with E-state index in [0.717, 1.165) is 50.9 Å². The molecule has 2 aromatic carbocycles. The van der Waals surface area contributed by atoms with Crippen LogP contribution in [0.15, 0.2) is 30.3 Å². The number of rotatable bonds is 3. The molecule has 112 valence electrons. The first-order valence-corrected chi connectivity index (χ1v) is 7.28. The predicted octanol–water partition coefficient (Wildman–Crippen LogP) is 4.58. The summed E-state index contributed by atoms with van der Waals surface area (Å²) in [6.45, 7) is 6.10. The second-order valence-corrected chi connectivity index (χ2v) is 5.72. The van der Waals surface area contributed by atoms with Crippen molar-refractivity contribution < 1.29 is 9.53 Å². The third kappa shape index (κ3) is 2.19. The van der Waals surface area contributed by atoms with Gasteiger partial charge in [0, 0.05) is 16.5 Å². The van der Waals surface area contributed by atoms with Crippen molar-refractivity contribution >= 4 is 17.2 Å². The highest BCUT2D eigenvalue weighted by molar-refractivity contribution is 6.06. The van der Waals surface area contributed by atoms with Crippen molar-refractivity contribution in [1.82, 2.24) is 4.98 Å². The number of carbonyl (C=O) groups excluding carboxylic acids is 1. The molecule has 0 unspecified atom stereocenters. The van der Waals surface area contributed by atoms with Crippen molar-refractivity contribution in [1.29, 1.82) is 0 Å². The fourth-order valence-corrected chi connectivity index (χ4v) is 3.13. The average Bonchev–Trinajstić information content (AvgIpc) is 2.85. The van der Waals surface area contributed by atoms with Gasteiger partial charge in [0.2, 0.25) is 0 Å². The molecule has 0 aliphatic carbocycles. The minimum absolute atomic E-state index is 0.720. The lowest BCUT2D eigenvalue weighted by molar-refractivity contribution is 0.112. The first kappa shape index (κ1) is 14.4. The van der Waals surface area contributed by atoms with E-state index in [1.54, 1.807) is 7.11 Å². The molecule has 3 aromatic rings. The van der Waals surface area contributed by atoms with Gasteiger partial charge in [0.1, 0.15) is 5.75 Å². The number of H-pyrrole nitrogens is 1. The number of fused-ring (bicyclic) bond motifs is 1. The Morgan fingerprint density at radius 1 is 1.05 bits per heavy atom. The SMILES string of the molecule is COc1ccc(-c2[nH]c3cc(C)cc(C)c3c2C=O)cc1C. The van der Waals surface area contributed by atoms with E-state index in [1.807, 2.05) is 32.0 Å².